The monoisotopic (exact) mass is 348 g/mol. The van der Waals surface area contributed by atoms with Gasteiger partial charge in [-0.05, 0) is 48.4 Å². The Labute approximate surface area is 142 Å². The minimum absolute atomic E-state index is 0.0833. The molecule has 1 saturated heterocycles. The van der Waals surface area contributed by atoms with Gasteiger partial charge in [-0.2, -0.15) is 0 Å². The minimum atomic E-state index is -0.416. The molecule has 1 aromatic rings. The molecule has 0 aromatic heterocycles. The first-order chi connectivity index (χ1) is 11.5. The van der Waals surface area contributed by atoms with E-state index in [4.69, 9.17) is 9.47 Å². The molecule has 2 fully saturated rings. The van der Waals surface area contributed by atoms with Crippen molar-refractivity contribution in [2.75, 3.05) is 13.7 Å². The normalized spacial score (nSPS) is 18.5. The lowest BCUT2D eigenvalue weighted by atomic mass is 10.2. The maximum Gasteiger partial charge on any atom is 0.290 e. The van der Waals surface area contributed by atoms with Gasteiger partial charge >= 0.3 is 0 Å². The number of rotatable bonds is 6. The van der Waals surface area contributed by atoms with Crippen molar-refractivity contribution in [2.24, 2.45) is 0 Å². The second-order valence-electron chi connectivity index (χ2n) is 5.39. The molecule has 0 unspecified atom stereocenters. The van der Waals surface area contributed by atoms with Crippen molar-refractivity contribution in [3.05, 3.63) is 28.7 Å². The molecule has 2 N–H and O–H groups in total. The van der Waals surface area contributed by atoms with E-state index in [0.717, 1.165) is 24.6 Å². The van der Waals surface area contributed by atoms with E-state index in [2.05, 4.69) is 10.6 Å². The van der Waals surface area contributed by atoms with Gasteiger partial charge < -0.3 is 14.8 Å². The van der Waals surface area contributed by atoms with E-state index in [1.807, 2.05) is 0 Å². The highest BCUT2D eigenvalue weighted by Crippen LogP contribution is 2.31. The summed E-state index contributed by atoms with van der Waals surface area (Å²) in [7, 11) is 1.49. The van der Waals surface area contributed by atoms with Crippen molar-refractivity contribution >= 4 is 34.9 Å². The number of hydrogen-bond donors (Lipinski definition) is 2. The van der Waals surface area contributed by atoms with Crippen LogP contribution in [-0.4, -0.2) is 36.8 Å². The largest absolute Gasteiger partial charge is 0.493 e. The molecule has 1 aromatic carbocycles. The summed E-state index contributed by atoms with van der Waals surface area (Å²) in [5.74, 6) is 0.299. The lowest BCUT2D eigenvalue weighted by Gasteiger charge is -2.11. The fourth-order valence-corrected chi connectivity index (χ4v) is 2.79. The van der Waals surface area contributed by atoms with Gasteiger partial charge in [0.2, 0.25) is 0 Å². The van der Waals surface area contributed by atoms with Crippen LogP contribution in [0.4, 0.5) is 4.79 Å². The van der Waals surface area contributed by atoms with Crippen molar-refractivity contribution in [3.8, 4) is 11.5 Å². The summed E-state index contributed by atoms with van der Waals surface area (Å²) in [5, 5.41) is 4.64. The van der Waals surface area contributed by atoms with Crippen LogP contribution in [-0.2, 0) is 9.59 Å². The molecule has 2 aliphatic rings. The number of carbonyl (C=O) groups is 3. The number of nitrogens with one attached hydrogen (secondary N) is 2. The lowest BCUT2D eigenvalue weighted by Crippen LogP contribution is -2.30. The summed E-state index contributed by atoms with van der Waals surface area (Å²) in [6.45, 7) is -0.0833. The van der Waals surface area contributed by atoms with Crippen molar-refractivity contribution < 1.29 is 23.9 Å². The maximum absolute atomic E-state index is 11.7. The third-order valence-electron chi connectivity index (χ3n) is 3.43. The number of thioether (sulfide) groups is 1. The van der Waals surface area contributed by atoms with Crippen LogP contribution in [0.25, 0.3) is 6.08 Å². The second-order valence-corrected chi connectivity index (χ2v) is 6.41. The molecule has 0 atom stereocenters. The molecule has 0 radical (unpaired) electrons. The molecule has 3 rings (SSSR count). The van der Waals surface area contributed by atoms with Gasteiger partial charge in [0.25, 0.3) is 17.1 Å². The Kier molecular flexibility index (Phi) is 4.75. The van der Waals surface area contributed by atoms with Gasteiger partial charge in [-0.15, -0.1) is 0 Å². The third kappa shape index (κ3) is 4.08. The fraction of sp³-hybridized carbons (Fsp3) is 0.312. The SMILES string of the molecule is COc1cc(/C=C2\SC(=O)NC2=O)ccc1OCC(=O)NC1CC1. The number of hydrogen-bond acceptors (Lipinski definition) is 6. The first kappa shape index (κ1) is 16.4. The van der Waals surface area contributed by atoms with E-state index in [9.17, 15) is 14.4 Å². The van der Waals surface area contributed by atoms with E-state index in [-0.39, 0.29) is 23.8 Å². The smallest absolute Gasteiger partial charge is 0.290 e. The number of ether oxygens (including phenoxy) is 2. The van der Waals surface area contributed by atoms with Crippen LogP contribution in [0.1, 0.15) is 18.4 Å². The van der Waals surface area contributed by atoms with Crippen molar-refractivity contribution in [2.45, 2.75) is 18.9 Å². The first-order valence-electron chi connectivity index (χ1n) is 7.40. The number of imide groups is 1. The van der Waals surface area contributed by atoms with Gasteiger partial charge in [-0.3, -0.25) is 19.7 Å². The Morgan fingerprint density at radius 3 is 2.79 bits per heavy atom. The summed E-state index contributed by atoms with van der Waals surface area (Å²) in [6, 6.07) is 5.35. The second kappa shape index (κ2) is 6.96. The Bertz CT molecular complexity index is 727. The Morgan fingerprint density at radius 1 is 1.38 bits per heavy atom. The minimum Gasteiger partial charge on any atom is -0.493 e. The van der Waals surface area contributed by atoms with Crippen LogP contribution in [0.3, 0.4) is 0 Å². The van der Waals surface area contributed by atoms with E-state index in [0.29, 0.717) is 22.0 Å². The quantitative estimate of drug-likeness (QED) is 0.760. The van der Waals surface area contributed by atoms with Crippen molar-refractivity contribution in [3.63, 3.8) is 0 Å². The standard InChI is InChI=1S/C16H16N2O5S/c1-22-12-6-9(7-13-15(20)18-16(21)24-13)2-5-11(12)23-8-14(19)17-10-3-4-10/h2,5-7,10H,3-4,8H2,1H3,(H,17,19)(H,18,20,21)/b13-7-. The molecule has 1 heterocycles. The maximum atomic E-state index is 11.7. The zero-order valence-electron chi connectivity index (χ0n) is 13.0. The highest BCUT2D eigenvalue weighted by molar-refractivity contribution is 8.18. The molecule has 1 saturated carbocycles. The molecule has 126 valence electrons. The predicted molar refractivity (Wildman–Crippen MR) is 88.8 cm³/mol. The van der Waals surface area contributed by atoms with Crippen LogP contribution in [0, 0.1) is 0 Å². The third-order valence-corrected chi connectivity index (χ3v) is 4.24. The average Bonchev–Trinajstić information content (AvgIpc) is 3.30. The molecule has 0 spiro atoms. The van der Waals surface area contributed by atoms with Gasteiger partial charge in [-0.25, -0.2) is 0 Å². The fourth-order valence-electron chi connectivity index (χ4n) is 2.11. The topological polar surface area (TPSA) is 93.7 Å². The summed E-state index contributed by atoms with van der Waals surface area (Å²) < 4.78 is 10.7. The predicted octanol–water partition coefficient (Wildman–Crippen LogP) is 1.68. The molecule has 7 nitrogen and oxygen atoms in total. The van der Waals surface area contributed by atoms with Gasteiger partial charge in [0.15, 0.2) is 18.1 Å². The molecular weight excluding hydrogens is 332 g/mol. The molecule has 3 amide bonds. The molecule has 1 aliphatic heterocycles. The first-order valence-corrected chi connectivity index (χ1v) is 8.22. The Balaban J connectivity index is 1.68. The van der Waals surface area contributed by atoms with E-state index in [1.54, 1.807) is 24.3 Å². The van der Waals surface area contributed by atoms with Crippen LogP contribution in [0.5, 0.6) is 11.5 Å². The molecule has 24 heavy (non-hydrogen) atoms. The Morgan fingerprint density at radius 2 is 2.17 bits per heavy atom. The molecule has 8 heteroatoms. The average molecular weight is 348 g/mol. The van der Waals surface area contributed by atoms with E-state index >= 15 is 0 Å². The molecular formula is C16H16N2O5S. The highest BCUT2D eigenvalue weighted by Gasteiger charge is 2.25. The Hall–Kier alpha value is -2.48. The van der Waals surface area contributed by atoms with Crippen molar-refractivity contribution in [1.29, 1.82) is 0 Å². The summed E-state index contributed by atoms with van der Waals surface area (Å²) in [4.78, 5) is 34.7. The number of carbonyl (C=O) groups excluding carboxylic acids is 3. The van der Waals surface area contributed by atoms with E-state index < -0.39 is 5.91 Å². The summed E-state index contributed by atoms with van der Waals surface area (Å²) in [5.41, 5.74) is 0.689. The molecule has 1 aliphatic carbocycles. The number of benzene rings is 1. The van der Waals surface area contributed by atoms with Gasteiger partial charge in [-0.1, -0.05) is 6.07 Å². The highest BCUT2D eigenvalue weighted by atomic mass is 32.2. The van der Waals surface area contributed by atoms with Crippen LogP contribution >= 0.6 is 11.8 Å². The van der Waals surface area contributed by atoms with Gasteiger partial charge in [0.1, 0.15) is 0 Å². The number of amides is 3. The lowest BCUT2D eigenvalue weighted by molar-refractivity contribution is -0.123. The summed E-state index contributed by atoms with van der Waals surface area (Å²) >= 11 is 0.848. The van der Waals surface area contributed by atoms with E-state index in [1.165, 1.54) is 7.11 Å². The zero-order valence-corrected chi connectivity index (χ0v) is 13.8. The van der Waals surface area contributed by atoms with Crippen LogP contribution in [0.15, 0.2) is 23.1 Å². The van der Waals surface area contributed by atoms with Crippen LogP contribution < -0.4 is 20.1 Å². The van der Waals surface area contributed by atoms with Gasteiger partial charge in [0, 0.05) is 6.04 Å². The van der Waals surface area contributed by atoms with Crippen LogP contribution in [0.2, 0.25) is 0 Å². The summed E-state index contributed by atoms with van der Waals surface area (Å²) in [6.07, 6.45) is 3.63. The number of methoxy groups -OCH3 is 1. The van der Waals surface area contributed by atoms with Crippen molar-refractivity contribution in [1.82, 2.24) is 10.6 Å². The molecule has 0 bridgehead atoms. The van der Waals surface area contributed by atoms with Gasteiger partial charge in [0.05, 0.1) is 12.0 Å². The zero-order chi connectivity index (χ0) is 17.1.